The monoisotopic (exact) mass is 409 g/mol. The van der Waals surface area contributed by atoms with Gasteiger partial charge in [0.15, 0.2) is 5.69 Å². The number of amides is 1. The van der Waals surface area contributed by atoms with Crippen LogP contribution in [-0.4, -0.2) is 33.7 Å². The number of carbonyl (C=O) groups is 1. The molecule has 0 aliphatic heterocycles. The predicted octanol–water partition coefficient (Wildman–Crippen LogP) is 3.25. The number of nitrogens with zero attached hydrogens (tertiary/aromatic N) is 3. The molecule has 30 heavy (non-hydrogen) atoms. The van der Waals surface area contributed by atoms with E-state index in [4.69, 9.17) is 0 Å². The Morgan fingerprint density at radius 2 is 1.90 bits per heavy atom. The van der Waals surface area contributed by atoms with E-state index in [0.29, 0.717) is 23.6 Å². The third-order valence-corrected chi connectivity index (χ3v) is 5.04. The molecule has 4 rings (SSSR count). The van der Waals surface area contributed by atoms with Crippen molar-refractivity contribution in [2.75, 3.05) is 18.4 Å². The van der Waals surface area contributed by atoms with Crippen LogP contribution in [0, 0.1) is 15.9 Å². The molecule has 0 spiro atoms. The van der Waals surface area contributed by atoms with Crippen molar-refractivity contribution in [2.24, 2.45) is 0 Å². The first-order chi connectivity index (χ1) is 14.5. The van der Waals surface area contributed by atoms with Crippen LogP contribution in [0.2, 0.25) is 0 Å². The lowest BCUT2D eigenvalue weighted by molar-refractivity contribution is -0.384. The molecule has 1 aliphatic rings. The molecule has 1 aliphatic carbocycles. The zero-order valence-electron chi connectivity index (χ0n) is 16.1. The zero-order chi connectivity index (χ0) is 21.1. The summed E-state index contributed by atoms with van der Waals surface area (Å²) in [6.45, 7) is 0.612. The summed E-state index contributed by atoms with van der Waals surface area (Å²) < 4.78 is 14.9. The third-order valence-electron chi connectivity index (χ3n) is 5.04. The van der Waals surface area contributed by atoms with Gasteiger partial charge in [0.25, 0.3) is 11.6 Å². The fraction of sp³-hybridized carbons (Fsp3) is 0.238. The molecule has 2 N–H and O–H groups in total. The SMILES string of the molecule is O=C(NCCNc1ccccc1[N+](=O)[O-])c1nn(-c2ccc(F)cc2)c2c1CCC2. The molecular formula is C21H20FN5O3. The van der Waals surface area contributed by atoms with Gasteiger partial charge >= 0.3 is 0 Å². The van der Waals surface area contributed by atoms with E-state index in [9.17, 15) is 19.3 Å². The molecule has 0 radical (unpaired) electrons. The Labute approximate surface area is 171 Å². The van der Waals surface area contributed by atoms with Gasteiger partial charge in [-0.25, -0.2) is 9.07 Å². The van der Waals surface area contributed by atoms with Crippen molar-refractivity contribution in [3.05, 3.63) is 81.4 Å². The van der Waals surface area contributed by atoms with E-state index in [-0.39, 0.29) is 24.0 Å². The van der Waals surface area contributed by atoms with Gasteiger partial charge in [0.2, 0.25) is 0 Å². The summed E-state index contributed by atoms with van der Waals surface area (Å²) in [7, 11) is 0. The van der Waals surface area contributed by atoms with Crippen molar-refractivity contribution in [1.29, 1.82) is 0 Å². The van der Waals surface area contributed by atoms with Gasteiger partial charge in [-0.1, -0.05) is 12.1 Å². The number of para-hydroxylation sites is 2. The normalized spacial score (nSPS) is 12.4. The molecule has 9 heteroatoms. The van der Waals surface area contributed by atoms with E-state index in [1.165, 1.54) is 18.2 Å². The summed E-state index contributed by atoms with van der Waals surface area (Å²) in [6, 6.07) is 12.4. The van der Waals surface area contributed by atoms with Gasteiger partial charge in [0.05, 0.1) is 10.6 Å². The van der Waals surface area contributed by atoms with E-state index in [2.05, 4.69) is 15.7 Å². The molecule has 3 aromatic rings. The van der Waals surface area contributed by atoms with Crippen LogP contribution in [0.3, 0.4) is 0 Å². The number of anilines is 1. The first-order valence-electron chi connectivity index (χ1n) is 9.67. The van der Waals surface area contributed by atoms with Gasteiger partial charge in [-0.05, 0) is 49.6 Å². The average Bonchev–Trinajstić information content (AvgIpc) is 3.35. The van der Waals surface area contributed by atoms with Crippen molar-refractivity contribution in [1.82, 2.24) is 15.1 Å². The van der Waals surface area contributed by atoms with Crippen LogP contribution in [0.25, 0.3) is 5.69 Å². The molecule has 1 amide bonds. The summed E-state index contributed by atoms with van der Waals surface area (Å²) in [5.41, 5.74) is 3.37. The van der Waals surface area contributed by atoms with Gasteiger partial charge in [0, 0.05) is 30.4 Å². The topological polar surface area (TPSA) is 102 Å². The molecule has 0 fully saturated rings. The zero-order valence-corrected chi connectivity index (χ0v) is 16.1. The second-order valence-corrected chi connectivity index (χ2v) is 6.97. The molecular weight excluding hydrogens is 389 g/mol. The maximum atomic E-state index is 13.2. The Bertz CT molecular complexity index is 1090. The number of carbonyl (C=O) groups excluding carboxylic acids is 1. The molecule has 8 nitrogen and oxygen atoms in total. The molecule has 1 heterocycles. The largest absolute Gasteiger partial charge is 0.378 e. The van der Waals surface area contributed by atoms with Gasteiger partial charge in [0.1, 0.15) is 11.5 Å². The predicted molar refractivity (Wildman–Crippen MR) is 109 cm³/mol. The fourth-order valence-corrected chi connectivity index (χ4v) is 3.65. The van der Waals surface area contributed by atoms with Crippen molar-refractivity contribution in [3.8, 4) is 5.69 Å². The number of hydrogen-bond donors (Lipinski definition) is 2. The van der Waals surface area contributed by atoms with Crippen molar-refractivity contribution in [2.45, 2.75) is 19.3 Å². The van der Waals surface area contributed by atoms with Crippen LogP contribution >= 0.6 is 0 Å². The number of aromatic nitrogens is 2. The summed E-state index contributed by atoms with van der Waals surface area (Å²) >= 11 is 0. The van der Waals surface area contributed by atoms with Gasteiger partial charge in [-0.3, -0.25) is 14.9 Å². The van der Waals surface area contributed by atoms with E-state index in [1.807, 2.05) is 0 Å². The molecule has 0 saturated heterocycles. The lowest BCUT2D eigenvalue weighted by Gasteiger charge is -2.08. The number of fused-ring (bicyclic) bond motifs is 1. The molecule has 0 saturated carbocycles. The number of nitrogens with one attached hydrogen (secondary N) is 2. The maximum absolute atomic E-state index is 13.2. The van der Waals surface area contributed by atoms with Crippen molar-refractivity contribution < 1.29 is 14.1 Å². The molecule has 0 unspecified atom stereocenters. The van der Waals surface area contributed by atoms with Crippen LogP contribution in [0.4, 0.5) is 15.8 Å². The highest BCUT2D eigenvalue weighted by Crippen LogP contribution is 2.28. The Kier molecular flexibility index (Phi) is 5.42. The molecule has 0 atom stereocenters. The van der Waals surface area contributed by atoms with Crippen LogP contribution < -0.4 is 10.6 Å². The second-order valence-electron chi connectivity index (χ2n) is 6.97. The second kappa shape index (κ2) is 8.32. The first kappa shape index (κ1) is 19.6. The van der Waals surface area contributed by atoms with Gasteiger partial charge in [-0.2, -0.15) is 5.10 Å². The van der Waals surface area contributed by atoms with E-state index < -0.39 is 4.92 Å². The smallest absolute Gasteiger partial charge is 0.292 e. The minimum Gasteiger partial charge on any atom is -0.378 e. The van der Waals surface area contributed by atoms with E-state index >= 15 is 0 Å². The Hall–Kier alpha value is -3.75. The number of nitro benzene ring substituents is 1. The lowest BCUT2D eigenvalue weighted by Crippen LogP contribution is -2.29. The summed E-state index contributed by atoms with van der Waals surface area (Å²) in [6.07, 6.45) is 2.52. The summed E-state index contributed by atoms with van der Waals surface area (Å²) in [4.78, 5) is 23.3. The third kappa shape index (κ3) is 3.86. The summed E-state index contributed by atoms with van der Waals surface area (Å²) in [5.74, 6) is -0.620. The Morgan fingerprint density at radius 3 is 2.67 bits per heavy atom. The van der Waals surface area contributed by atoms with Gasteiger partial charge < -0.3 is 10.6 Å². The molecule has 0 bridgehead atoms. The Morgan fingerprint density at radius 1 is 1.13 bits per heavy atom. The average molecular weight is 409 g/mol. The van der Waals surface area contributed by atoms with E-state index in [1.54, 1.807) is 35.0 Å². The van der Waals surface area contributed by atoms with Gasteiger partial charge in [-0.15, -0.1) is 0 Å². The van der Waals surface area contributed by atoms with Crippen molar-refractivity contribution in [3.63, 3.8) is 0 Å². The standard InChI is InChI=1S/C21H20FN5O3/c22-14-8-10-15(11-9-14)26-18-7-3-4-16(18)20(25-26)21(28)24-13-12-23-17-5-1-2-6-19(17)27(29)30/h1-2,5-6,8-11,23H,3-4,7,12-13H2,(H,24,28). The summed E-state index contributed by atoms with van der Waals surface area (Å²) in [5, 5.41) is 21.3. The number of benzene rings is 2. The van der Waals surface area contributed by atoms with Crippen molar-refractivity contribution >= 4 is 17.3 Å². The molecule has 1 aromatic heterocycles. The highest BCUT2D eigenvalue weighted by Gasteiger charge is 2.26. The van der Waals surface area contributed by atoms with Crippen LogP contribution in [0.15, 0.2) is 48.5 Å². The minimum atomic E-state index is -0.452. The quantitative estimate of drug-likeness (QED) is 0.354. The first-order valence-corrected chi connectivity index (χ1v) is 9.67. The Balaban J connectivity index is 1.43. The number of rotatable bonds is 7. The maximum Gasteiger partial charge on any atom is 0.292 e. The lowest BCUT2D eigenvalue weighted by atomic mass is 10.2. The highest BCUT2D eigenvalue weighted by atomic mass is 19.1. The fourth-order valence-electron chi connectivity index (χ4n) is 3.65. The number of nitro groups is 1. The van der Waals surface area contributed by atoms with E-state index in [0.717, 1.165) is 30.5 Å². The number of halogens is 1. The minimum absolute atomic E-state index is 0.0142. The van der Waals surface area contributed by atoms with Crippen LogP contribution in [0.1, 0.15) is 28.2 Å². The molecule has 154 valence electrons. The van der Waals surface area contributed by atoms with Crippen LogP contribution in [0.5, 0.6) is 0 Å². The van der Waals surface area contributed by atoms with Crippen LogP contribution in [-0.2, 0) is 12.8 Å². The number of hydrogen-bond acceptors (Lipinski definition) is 5. The highest BCUT2D eigenvalue weighted by molar-refractivity contribution is 5.94. The molecule has 2 aromatic carbocycles.